The van der Waals surface area contributed by atoms with E-state index in [1.165, 1.54) is 0 Å². The van der Waals surface area contributed by atoms with Gasteiger partial charge in [0.05, 0.1) is 6.54 Å². The van der Waals surface area contributed by atoms with Crippen molar-refractivity contribution in [3.05, 3.63) is 24.4 Å². The molecular formula is C11H13N3O2. The molecule has 0 saturated carbocycles. The third kappa shape index (κ3) is 1.68. The minimum Gasteiger partial charge on any atom is -0.472 e. The first-order valence-corrected chi connectivity index (χ1v) is 5.50. The molecule has 0 unspecified atom stereocenters. The van der Waals surface area contributed by atoms with Crippen LogP contribution in [0.3, 0.4) is 0 Å². The fraction of sp³-hybridized carbons (Fsp3) is 0.455. The van der Waals surface area contributed by atoms with Gasteiger partial charge in [0, 0.05) is 12.7 Å². The van der Waals surface area contributed by atoms with Crippen molar-refractivity contribution in [3.63, 3.8) is 0 Å². The fourth-order valence-electron chi connectivity index (χ4n) is 1.81. The van der Waals surface area contributed by atoms with Gasteiger partial charge in [0.2, 0.25) is 0 Å². The number of aromatic nitrogens is 1. The smallest absolute Gasteiger partial charge is 0.284 e. The second kappa shape index (κ2) is 4.00. The highest BCUT2D eigenvalue weighted by atomic mass is 16.5. The Morgan fingerprint density at radius 2 is 2.38 bits per heavy atom. The van der Waals surface area contributed by atoms with Crippen LogP contribution in [-0.4, -0.2) is 30.6 Å². The molecule has 1 aromatic rings. The second-order valence-corrected chi connectivity index (χ2v) is 3.77. The van der Waals surface area contributed by atoms with Crippen molar-refractivity contribution < 1.29 is 9.15 Å². The van der Waals surface area contributed by atoms with Crippen LogP contribution in [0.15, 0.2) is 27.9 Å². The van der Waals surface area contributed by atoms with Crippen LogP contribution in [0, 0.1) is 0 Å². The number of rotatable bonds is 2. The zero-order valence-corrected chi connectivity index (χ0v) is 8.93. The molecular weight excluding hydrogens is 206 g/mol. The molecule has 84 valence electrons. The molecule has 5 nitrogen and oxygen atoms in total. The number of hydrogen-bond acceptors (Lipinski definition) is 5. The maximum Gasteiger partial charge on any atom is 0.284 e. The number of allylic oxidation sites excluding steroid dienone is 1. The van der Waals surface area contributed by atoms with E-state index in [9.17, 15) is 0 Å². The quantitative estimate of drug-likeness (QED) is 0.757. The first kappa shape index (κ1) is 9.45. The van der Waals surface area contributed by atoms with E-state index >= 15 is 0 Å². The van der Waals surface area contributed by atoms with Gasteiger partial charge in [0.25, 0.3) is 11.8 Å². The van der Waals surface area contributed by atoms with Crippen molar-refractivity contribution in [1.29, 1.82) is 0 Å². The number of oxazole rings is 1. The Bertz CT molecular complexity index is 436. The largest absolute Gasteiger partial charge is 0.472 e. The molecule has 2 aliphatic heterocycles. The summed E-state index contributed by atoms with van der Waals surface area (Å²) in [6, 6.07) is 0. The van der Waals surface area contributed by atoms with Gasteiger partial charge in [-0.1, -0.05) is 6.08 Å². The van der Waals surface area contributed by atoms with Crippen molar-refractivity contribution in [2.45, 2.75) is 12.8 Å². The Labute approximate surface area is 93.4 Å². The summed E-state index contributed by atoms with van der Waals surface area (Å²) < 4.78 is 10.7. The molecule has 5 heteroatoms. The molecule has 0 bridgehead atoms. The maximum atomic E-state index is 5.36. The highest BCUT2D eigenvalue weighted by Gasteiger charge is 2.18. The van der Waals surface area contributed by atoms with Crippen molar-refractivity contribution in [3.8, 4) is 0 Å². The van der Waals surface area contributed by atoms with E-state index in [0.29, 0.717) is 24.9 Å². The Morgan fingerprint density at radius 3 is 3.12 bits per heavy atom. The minimum absolute atomic E-state index is 0.478. The van der Waals surface area contributed by atoms with E-state index in [1.807, 2.05) is 6.20 Å². The monoisotopic (exact) mass is 219 g/mol. The molecule has 2 aliphatic rings. The van der Waals surface area contributed by atoms with Crippen LogP contribution in [0.25, 0.3) is 0 Å². The van der Waals surface area contributed by atoms with Crippen molar-refractivity contribution in [1.82, 2.24) is 4.98 Å². The second-order valence-electron chi connectivity index (χ2n) is 3.77. The third-order valence-corrected chi connectivity index (χ3v) is 2.61. The van der Waals surface area contributed by atoms with Crippen LogP contribution >= 0.6 is 0 Å². The summed E-state index contributed by atoms with van der Waals surface area (Å²) in [4.78, 5) is 10.6. The van der Waals surface area contributed by atoms with Crippen LogP contribution in [-0.2, 0) is 4.74 Å². The normalized spacial score (nSPS) is 19.8. The summed E-state index contributed by atoms with van der Waals surface area (Å²) in [5.74, 6) is 1.82. The van der Waals surface area contributed by atoms with Gasteiger partial charge in [-0.25, -0.2) is 4.99 Å². The molecule has 0 spiro atoms. The van der Waals surface area contributed by atoms with Gasteiger partial charge in [-0.15, -0.1) is 0 Å². The van der Waals surface area contributed by atoms with E-state index < -0.39 is 0 Å². The molecule has 0 aliphatic carbocycles. The van der Waals surface area contributed by atoms with Crippen LogP contribution in [0.5, 0.6) is 0 Å². The van der Waals surface area contributed by atoms with E-state index in [2.05, 4.69) is 21.0 Å². The van der Waals surface area contributed by atoms with Gasteiger partial charge in [0.1, 0.15) is 12.9 Å². The molecule has 3 rings (SSSR count). The van der Waals surface area contributed by atoms with Gasteiger partial charge < -0.3 is 14.1 Å². The lowest BCUT2D eigenvalue weighted by molar-refractivity contribution is 0.337. The van der Waals surface area contributed by atoms with Gasteiger partial charge >= 0.3 is 0 Å². The van der Waals surface area contributed by atoms with Crippen molar-refractivity contribution in [2.24, 2.45) is 4.99 Å². The average molecular weight is 219 g/mol. The number of ether oxygens (including phenoxy) is 1. The zero-order valence-electron chi connectivity index (χ0n) is 8.93. The number of anilines is 1. The first-order chi connectivity index (χ1) is 7.93. The Kier molecular flexibility index (Phi) is 2.36. The third-order valence-electron chi connectivity index (χ3n) is 2.61. The number of aliphatic imine (C=N–C) groups is 1. The summed E-state index contributed by atoms with van der Waals surface area (Å²) in [6.45, 7) is 2.29. The van der Waals surface area contributed by atoms with Crippen LogP contribution < -0.4 is 4.90 Å². The first-order valence-electron chi connectivity index (χ1n) is 5.50. The average Bonchev–Trinajstić information content (AvgIpc) is 3.01. The van der Waals surface area contributed by atoms with Gasteiger partial charge in [0.15, 0.2) is 5.82 Å². The van der Waals surface area contributed by atoms with Crippen LogP contribution in [0.2, 0.25) is 0 Å². The predicted molar refractivity (Wildman–Crippen MR) is 59.6 cm³/mol. The van der Waals surface area contributed by atoms with E-state index in [1.54, 1.807) is 6.26 Å². The van der Waals surface area contributed by atoms with E-state index in [0.717, 1.165) is 25.2 Å². The molecule has 1 aromatic heterocycles. The number of hydrogen-bond donors (Lipinski definition) is 0. The molecule has 0 saturated heterocycles. The van der Waals surface area contributed by atoms with Crippen LogP contribution in [0.1, 0.15) is 18.7 Å². The lowest BCUT2D eigenvalue weighted by Gasteiger charge is -2.19. The molecule has 0 aromatic carbocycles. The summed E-state index contributed by atoms with van der Waals surface area (Å²) >= 11 is 0. The Hall–Kier alpha value is -1.78. The lowest BCUT2D eigenvalue weighted by atomic mass is 10.2. The molecule has 0 N–H and O–H groups in total. The summed E-state index contributed by atoms with van der Waals surface area (Å²) in [6.07, 6.45) is 8.12. The molecule has 3 heterocycles. The molecule has 0 fully saturated rings. The minimum atomic E-state index is 0.478. The maximum absolute atomic E-state index is 5.36. The van der Waals surface area contributed by atoms with Gasteiger partial charge in [-0.2, -0.15) is 4.98 Å². The Morgan fingerprint density at radius 1 is 1.38 bits per heavy atom. The van der Waals surface area contributed by atoms with E-state index in [4.69, 9.17) is 9.15 Å². The summed E-state index contributed by atoms with van der Waals surface area (Å²) in [5.41, 5.74) is 0. The highest BCUT2D eigenvalue weighted by Crippen LogP contribution is 2.19. The van der Waals surface area contributed by atoms with Gasteiger partial charge in [-0.05, 0) is 12.8 Å². The molecule has 0 amide bonds. The summed E-state index contributed by atoms with van der Waals surface area (Å²) in [5, 5.41) is 0. The molecule has 0 atom stereocenters. The van der Waals surface area contributed by atoms with Crippen LogP contribution in [0.4, 0.5) is 5.82 Å². The molecule has 16 heavy (non-hydrogen) atoms. The van der Waals surface area contributed by atoms with E-state index in [-0.39, 0.29) is 0 Å². The van der Waals surface area contributed by atoms with Crippen molar-refractivity contribution >= 4 is 11.7 Å². The standard InChI is InChI=1S/C11H13N3O2/c1-2-5-14(6-3-1)9-8-16-11(13-9)10-12-4-7-15-10/h2,5,8H,1,3-4,6-7H2. The lowest BCUT2D eigenvalue weighted by Crippen LogP contribution is -2.20. The molecule has 0 radical (unpaired) electrons. The predicted octanol–water partition coefficient (Wildman–Crippen LogP) is 1.57. The highest BCUT2D eigenvalue weighted by molar-refractivity contribution is 5.90. The summed E-state index contributed by atoms with van der Waals surface area (Å²) in [7, 11) is 0. The van der Waals surface area contributed by atoms with Crippen molar-refractivity contribution in [2.75, 3.05) is 24.6 Å². The zero-order chi connectivity index (χ0) is 10.8. The Balaban J connectivity index is 1.81. The topological polar surface area (TPSA) is 50.9 Å². The van der Waals surface area contributed by atoms with Gasteiger partial charge in [-0.3, -0.25) is 0 Å². The SMILES string of the molecule is C1=CN(c2coc(C3=NCCO3)n2)CCC1. The fourth-order valence-corrected chi connectivity index (χ4v) is 1.81. The number of nitrogens with zero attached hydrogens (tertiary/aromatic N) is 3.